The third kappa shape index (κ3) is 3.66. The highest BCUT2D eigenvalue weighted by Gasteiger charge is 2.07. The maximum Gasteiger partial charge on any atom is 0.319 e. The quantitative estimate of drug-likeness (QED) is 0.906. The lowest BCUT2D eigenvalue weighted by Gasteiger charge is -2.09. The number of amides is 2. The summed E-state index contributed by atoms with van der Waals surface area (Å²) in [7, 11) is 0. The van der Waals surface area contributed by atoms with E-state index in [4.69, 9.17) is 11.6 Å². The molecule has 0 fully saturated rings. The van der Waals surface area contributed by atoms with Gasteiger partial charge in [-0.2, -0.15) is 0 Å². The van der Waals surface area contributed by atoms with Crippen molar-refractivity contribution in [1.29, 1.82) is 0 Å². The van der Waals surface area contributed by atoms with Crippen molar-refractivity contribution >= 4 is 23.3 Å². The van der Waals surface area contributed by atoms with E-state index in [-0.39, 0.29) is 6.03 Å². The Bertz CT molecular complexity index is 574. The summed E-state index contributed by atoms with van der Waals surface area (Å²) in [6.07, 6.45) is 4.95. The first-order valence-corrected chi connectivity index (χ1v) is 6.09. The predicted octanol–water partition coefficient (Wildman–Crippen LogP) is 2.76. The van der Waals surface area contributed by atoms with E-state index in [1.54, 1.807) is 31.6 Å². The zero-order valence-corrected chi connectivity index (χ0v) is 11.1. The summed E-state index contributed by atoms with van der Waals surface area (Å²) in [5, 5.41) is 5.87. The van der Waals surface area contributed by atoms with Gasteiger partial charge in [-0.3, -0.25) is 9.97 Å². The number of carbonyl (C=O) groups excluding carboxylic acids is 1. The number of nitrogens with zero attached hydrogens (tertiary/aromatic N) is 2. The van der Waals surface area contributed by atoms with Crippen LogP contribution in [-0.4, -0.2) is 16.0 Å². The van der Waals surface area contributed by atoms with Crippen molar-refractivity contribution < 1.29 is 4.79 Å². The zero-order valence-electron chi connectivity index (χ0n) is 10.4. The van der Waals surface area contributed by atoms with Gasteiger partial charge in [-0.05, 0) is 30.7 Å². The van der Waals surface area contributed by atoms with Gasteiger partial charge in [-0.25, -0.2) is 4.79 Å². The number of aryl methyl sites for hydroxylation is 1. The van der Waals surface area contributed by atoms with Crippen LogP contribution in [0.3, 0.4) is 0 Å². The van der Waals surface area contributed by atoms with Gasteiger partial charge in [0.2, 0.25) is 0 Å². The highest BCUT2D eigenvalue weighted by Crippen LogP contribution is 2.22. The standard InChI is InChI=1S/C13H13ClN4O/c1-9-12(14)11(4-7-16-9)18-13(19)17-8-10-2-5-15-6-3-10/h2-7H,8H2,1H3,(H2,16,17,18,19). The van der Waals surface area contributed by atoms with Crippen molar-refractivity contribution in [2.75, 3.05) is 5.32 Å². The lowest BCUT2D eigenvalue weighted by atomic mass is 10.3. The topological polar surface area (TPSA) is 66.9 Å². The lowest BCUT2D eigenvalue weighted by molar-refractivity contribution is 0.251. The summed E-state index contributed by atoms with van der Waals surface area (Å²) < 4.78 is 0. The molecule has 2 amide bonds. The van der Waals surface area contributed by atoms with E-state index in [1.165, 1.54) is 0 Å². The molecule has 19 heavy (non-hydrogen) atoms. The fourth-order valence-electron chi connectivity index (χ4n) is 1.49. The Balaban J connectivity index is 1.93. The molecule has 0 aromatic carbocycles. The number of halogens is 1. The largest absolute Gasteiger partial charge is 0.334 e. The van der Waals surface area contributed by atoms with E-state index in [0.29, 0.717) is 22.9 Å². The summed E-state index contributed by atoms with van der Waals surface area (Å²) in [5.74, 6) is 0. The van der Waals surface area contributed by atoms with Gasteiger partial charge in [0.05, 0.1) is 16.4 Å². The summed E-state index contributed by atoms with van der Waals surface area (Å²) in [4.78, 5) is 19.7. The Labute approximate surface area is 116 Å². The van der Waals surface area contributed by atoms with Crippen LogP contribution in [-0.2, 0) is 6.54 Å². The van der Waals surface area contributed by atoms with E-state index in [0.717, 1.165) is 5.56 Å². The average Bonchev–Trinajstić information content (AvgIpc) is 2.43. The van der Waals surface area contributed by atoms with Gasteiger partial charge in [-0.15, -0.1) is 0 Å². The molecule has 0 atom stereocenters. The van der Waals surface area contributed by atoms with Gasteiger partial charge in [0, 0.05) is 25.1 Å². The van der Waals surface area contributed by atoms with Crippen LogP contribution in [0.25, 0.3) is 0 Å². The van der Waals surface area contributed by atoms with Crippen molar-refractivity contribution in [3.63, 3.8) is 0 Å². The number of aromatic nitrogens is 2. The van der Waals surface area contributed by atoms with E-state index in [2.05, 4.69) is 20.6 Å². The maximum absolute atomic E-state index is 11.7. The number of hydrogen-bond donors (Lipinski definition) is 2. The highest BCUT2D eigenvalue weighted by atomic mass is 35.5. The van der Waals surface area contributed by atoms with Gasteiger partial charge >= 0.3 is 6.03 Å². The molecule has 0 radical (unpaired) electrons. The fourth-order valence-corrected chi connectivity index (χ4v) is 1.65. The Morgan fingerprint density at radius 3 is 2.74 bits per heavy atom. The van der Waals surface area contributed by atoms with Crippen molar-refractivity contribution in [3.05, 3.63) is 53.1 Å². The fraction of sp³-hybridized carbons (Fsp3) is 0.154. The molecule has 6 heteroatoms. The molecule has 0 aliphatic carbocycles. The molecule has 0 bridgehead atoms. The van der Waals surface area contributed by atoms with Crippen LogP contribution in [0.4, 0.5) is 10.5 Å². The Morgan fingerprint density at radius 1 is 1.26 bits per heavy atom. The molecule has 0 aliphatic heterocycles. The zero-order chi connectivity index (χ0) is 13.7. The summed E-state index contributed by atoms with van der Waals surface area (Å²) in [6, 6.07) is 5.01. The molecule has 2 N–H and O–H groups in total. The van der Waals surface area contributed by atoms with Crippen molar-refractivity contribution in [2.45, 2.75) is 13.5 Å². The van der Waals surface area contributed by atoms with Gasteiger partial charge < -0.3 is 10.6 Å². The molecule has 0 saturated heterocycles. The molecule has 2 heterocycles. The third-order valence-electron chi connectivity index (χ3n) is 2.51. The van der Waals surface area contributed by atoms with Crippen molar-refractivity contribution in [1.82, 2.24) is 15.3 Å². The summed E-state index contributed by atoms with van der Waals surface area (Å²) in [5.41, 5.74) is 2.19. The second kappa shape index (κ2) is 6.15. The molecule has 2 rings (SSSR count). The number of urea groups is 1. The van der Waals surface area contributed by atoms with E-state index < -0.39 is 0 Å². The Kier molecular flexibility index (Phi) is 4.30. The molecule has 0 unspecified atom stereocenters. The number of carbonyl (C=O) groups is 1. The molecule has 0 aliphatic rings. The Hall–Kier alpha value is -2.14. The van der Waals surface area contributed by atoms with Crippen LogP contribution in [0.5, 0.6) is 0 Å². The van der Waals surface area contributed by atoms with E-state index in [9.17, 15) is 4.79 Å². The molecule has 98 valence electrons. The van der Waals surface area contributed by atoms with Gasteiger partial charge in [-0.1, -0.05) is 11.6 Å². The van der Waals surface area contributed by atoms with Gasteiger partial charge in [0.25, 0.3) is 0 Å². The van der Waals surface area contributed by atoms with Crippen molar-refractivity contribution in [3.8, 4) is 0 Å². The SMILES string of the molecule is Cc1nccc(NC(=O)NCc2ccncc2)c1Cl. The monoisotopic (exact) mass is 276 g/mol. The van der Waals surface area contributed by atoms with Crippen LogP contribution in [0.15, 0.2) is 36.8 Å². The van der Waals surface area contributed by atoms with Crippen LogP contribution in [0, 0.1) is 6.92 Å². The molecule has 0 saturated carbocycles. The first-order chi connectivity index (χ1) is 9.16. The second-order valence-corrected chi connectivity index (χ2v) is 4.30. The van der Waals surface area contributed by atoms with Gasteiger partial charge in [0.15, 0.2) is 0 Å². The molecule has 0 spiro atoms. The number of rotatable bonds is 3. The number of nitrogens with one attached hydrogen (secondary N) is 2. The van der Waals surface area contributed by atoms with Crippen LogP contribution >= 0.6 is 11.6 Å². The minimum absolute atomic E-state index is 0.315. The van der Waals surface area contributed by atoms with E-state index in [1.807, 2.05) is 12.1 Å². The smallest absolute Gasteiger partial charge is 0.319 e. The normalized spacial score (nSPS) is 10.0. The van der Waals surface area contributed by atoms with Crippen molar-refractivity contribution in [2.24, 2.45) is 0 Å². The summed E-state index contributed by atoms with van der Waals surface area (Å²) in [6.45, 7) is 2.21. The average molecular weight is 277 g/mol. The lowest BCUT2D eigenvalue weighted by Crippen LogP contribution is -2.28. The van der Waals surface area contributed by atoms with Crippen LogP contribution < -0.4 is 10.6 Å². The second-order valence-electron chi connectivity index (χ2n) is 3.92. The highest BCUT2D eigenvalue weighted by molar-refractivity contribution is 6.34. The minimum Gasteiger partial charge on any atom is -0.334 e. The maximum atomic E-state index is 11.7. The number of anilines is 1. The van der Waals surface area contributed by atoms with Crippen LogP contribution in [0.2, 0.25) is 5.02 Å². The third-order valence-corrected chi connectivity index (χ3v) is 2.99. The predicted molar refractivity (Wildman–Crippen MR) is 74.1 cm³/mol. The number of hydrogen-bond acceptors (Lipinski definition) is 3. The van der Waals surface area contributed by atoms with Crippen LogP contribution in [0.1, 0.15) is 11.3 Å². The molecular weight excluding hydrogens is 264 g/mol. The van der Waals surface area contributed by atoms with Gasteiger partial charge in [0.1, 0.15) is 0 Å². The minimum atomic E-state index is -0.315. The molecule has 2 aromatic heterocycles. The number of pyridine rings is 2. The van der Waals surface area contributed by atoms with E-state index >= 15 is 0 Å². The molecule has 2 aromatic rings. The Morgan fingerprint density at radius 2 is 2.00 bits per heavy atom. The first-order valence-electron chi connectivity index (χ1n) is 5.71. The molecule has 5 nitrogen and oxygen atoms in total. The summed E-state index contributed by atoms with van der Waals surface area (Å²) >= 11 is 6.04. The first kappa shape index (κ1) is 13.3. The molecular formula is C13H13ClN4O.